The molecule has 0 spiro atoms. The van der Waals surface area contributed by atoms with Gasteiger partial charge < -0.3 is 0 Å². The van der Waals surface area contributed by atoms with Gasteiger partial charge in [-0.3, -0.25) is 5.10 Å². The van der Waals surface area contributed by atoms with Crippen LogP contribution in [0.3, 0.4) is 0 Å². The summed E-state index contributed by atoms with van der Waals surface area (Å²) in [6, 6.07) is 0. The molecule has 0 radical (unpaired) electrons. The number of rotatable bonds is 1. The molecule has 2 heterocycles. The van der Waals surface area contributed by atoms with E-state index in [0.29, 0.717) is 11.6 Å². The van der Waals surface area contributed by atoms with Crippen LogP contribution < -0.4 is 0 Å². The first kappa shape index (κ1) is 8.62. The molecule has 2 rings (SSSR count). The molecule has 5 heteroatoms. The second-order valence-electron chi connectivity index (χ2n) is 3.16. The minimum Gasteiger partial charge on any atom is -0.269 e. The number of aromatic nitrogens is 4. The van der Waals surface area contributed by atoms with Crippen molar-refractivity contribution in [1.29, 1.82) is 0 Å². The summed E-state index contributed by atoms with van der Waals surface area (Å²) < 4.78 is 0.831. The van der Waals surface area contributed by atoms with E-state index in [0.717, 1.165) is 15.8 Å². The monoisotopic (exact) mass is 240 g/mol. The highest BCUT2D eigenvalue weighted by Crippen LogP contribution is 2.19. The number of nitrogens with zero attached hydrogens (tertiary/aromatic N) is 3. The van der Waals surface area contributed by atoms with Crippen LogP contribution >= 0.6 is 15.9 Å². The molecule has 2 aromatic heterocycles. The van der Waals surface area contributed by atoms with E-state index in [-0.39, 0.29) is 0 Å². The lowest BCUT2D eigenvalue weighted by Crippen LogP contribution is -1.96. The Morgan fingerprint density at radius 2 is 2.23 bits per heavy atom. The fraction of sp³-hybridized carbons (Fsp3) is 0.375. The van der Waals surface area contributed by atoms with Crippen LogP contribution in [0.4, 0.5) is 0 Å². The van der Waals surface area contributed by atoms with Gasteiger partial charge in [0.25, 0.3) is 0 Å². The second-order valence-corrected chi connectivity index (χ2v) is 3.95. The van der Waals surface area contributed by atoms with Crippen molar-refractivity contribution in [1.82, 2.24) is 20.2 Å². The van der Waals surface area contributed by atoms with Gasteiger partial charge in [-0.25, -0.2) is 9.97 Å². The Morgan fingerprint density at radius 3 is 2.92 bits per heavy atom. The zero-order chi connectivity index (χ0) is 9.42. The van der Waals surface area contributed by atoms with Crippen molar-refractivity contribution < 1.29 is 0 Å². The molecule has 0 amide bonds. The molecule has 1 N–H and O–H groups in total. The summed E-state index contributed by atoms with van der Waals surface area (Å²) in [5.41, 5.74) is 0.713. The van der Waals surface area contributed by atoms with Crippen molar-refractivity contribution in [2.24, 2.45) is 0 Å². The lowest BCUT2D eigenvalue weighted by Gasteiger charge is -2.00. The van der Waals surface area contributed by atoms with E-state index in [1.165, 1.54) is 0 Å². The van der Waals surface area contributed by atoms with E-state index in [1.54, 1.807) is 6.20 Å². The van der Waals surface area contributed by atoms with E-state index in [2.05, 4.69) is 49.9 Å². The molecule has 0 bridgehead atoms. The number of hydrogen-bond acceptors (Lipinski definition) is 3. The molecule has 2 aromatic rings. The maximum absolute atomic E-state index is 4.31. The van der Waals surface area contributed by atoms with E-state index in [9.17, 15) is 0 Å². The molecule has 0 aliphatic heterocycles. The predicted octanol–water partition coefficient (Wildman–Crippen LogP) is 2.24. The van der Waals surface area contributed by atoms with Gasteiger partial charge in [0.05, 0.1) is 5.39 Å². The SMILES string of the molecule is CC(C)c1ncc2c(Br)[nH]nc2n1. The fourth-order valence-electron chi connectivity index (χ4n) is 1.07. The van der Waals surface area contributed by atoms with Gasteiger partial charge >= 0.3 is 0 Å². The van der Waals surface area contributed by atoms with Gasteiger partial charge in [-0.15, -0.1) is 0 Å². The highest BCUT2D eigenvalue weighted by atomic mass is 79.9. The highest BCUT2D eigenvalue weighted by molar-refractivity contribution is 9.10. The van der Waals surface area contributed by atoms with E-state index in [4.69, 9.17) is 0 Å². The summed E-state index contributed by atoms with van der Waals surface area (Å²) >= 11 is 3.33. The zero-order valence-corrected chi connectivity index (χ0v) is 8.96. The molecule has 0 aliphatic carbocycles. The molecule has 0 saturated carbocycles. The minimum absolute atomic E-state index is 0.333. The topological polar surface area (TPSA) is 54.5 Å². The summed E-state index contributed by atoms with van der Waals surface area (Å²) in [6.07, 6.45) is 1.78. The van der Waals surface area contributed by atoms with Crippen LogP contribution in [-0.4, -0.2) is 20.2 Å². The Kier molecular flexibility index (Phi) is 2.03. The average molecular weight is 241 g/mol. The number of hydrogen-bond donors (Lipinski definition) is 1. The van der Waals surface area contributed by atoms with Crippen LogP contribution in [-0.2, 0) is 0 Å². The van der Waals surface area contributed by atoms with Crippen molar-refractivity contribution in [3.05, 3.63) is 16.6 Å². The Morgan fingerprint density at radius 1 is 1.46 bits per heavy atom. The van der Waals surface area contributed by atoms with Crippen molar-refractivity contribution >= 4 is 27.0 Å². The van der Waals surface area contributed by atoms with Crippen LogP contribution in [0, 0.1) is 0 Å². The Balaban J connectivity index is 2.63. The summed E-state index contributed by atoms with van der Waals surface area (Å²) in [6.45, 7) is 4.12. The largest absolute Gasteiger partial charge is 0.269 e. The first-order valence-electron chi connectivity index (χ1n) is 4.05. The van der Waals surface area contributed by atoms with Crippen LogP contribution in [0.2, 0.25) is 0 Å². The lowest BCUT2D eigenvalue weighted by molar-refractivity contribution is 0.780. The van der Waals surface area contributed by atoms with Gasteiger partial charge in [0.1, 0.15) is 10.4 Å². The third kappa shape index (κ3) is 1.44. The molecular weight excluding hydrogens is 232 g/mol. The molecule has 0 fully saturated rings. The fourth-order valence-corrected chi connectivity index (χ4v) is 1.43. The van der Waals surface area contributed by atoms with Crippen molar-refractivity contribution in [2.45, 2.75) is 19.8 Å². The van der Waals surface area contributed by atoms with Gasteiger partial charge in [-0.2, -0.15) is 5.10 Å². The Bertz CT molecular complexity index is 435. The van der Waals surface area contributed by atoms with E-state index in [1.807, 2.05) is 0 Å². The molecule has 13 heavy (non-hydrogen) atoms. The number of fused-ring (bicyclic) bond motifs is 1. The van der Waals surface area contributed by atoms with Crippen molar-refractivity contribution in [3.8, 4) is 0 Å². The predicted molar refractivity (Wildman–Crippen MR) is 53.5 cm³/mol. The van der Waals surface area contributed by atoms with Gasteiger partial charge in [-0.1, -0.05) is 13.8 Å². The summed E-state index contributed by atoms with van der Waals surface area (Å²) in [4.78, 5) is 8.55. The maximum Gasteiger partial charge on any atom is 0.185 e. The van der Waals surface area contributed by atoms with Gasteiger partial charge in [0.15, 0.2) is 5.65 Å². The van der Waals surface area contributed by atoms with Crippen molar-refractivity contribution in [2.75, 3.05) is 0 Å². The summed E-state index contributed by atoms with van der Waals surface area (Å²) in [5, 5.41) is 7.77. The molecular formula is C8H9BrN4. The third-order valence-corrected chi connectivity index (χ3v) is 2.40. The van der Waals surface area contributed by atoms with Crippen LogP contribution in [0.5, 0.6) is 0 Å². The van der Waals surface area contributed by atoms with E-state index < -0.39 is 0 Å². The average Bonchev–Trinajstić information content (AvgIpc) is 2.47. The standard InChI is InChI=1S/C8H9BrN4/c1-4(2)7-10-3-5-6(9)12-13-8(5)11-7/h3-4H,1-2H3,(H,10,11,12,13). The second kappa shape index (κ2) is 3.06. The number of nitrogens with one attached hydrogen (secondary N) is 1. The molecule has 0 aliphatic rings. The van der Waals surface area contributed by atoms with Crippen LogP contribution in [0.25, 0.3) is 11.0 Å². The number of halogens is 1. The summed E-state index contributed by atoms with van der Waals surface area (Å²) in [7, 11) is 0. The molecule has 4 nitrogen and oxygen atoms in total. The third-order valence-electron chi connectivity index (χ3n) is 1.80. The van der Waals surface area contributed by atoms with Crippen LogP contribution in [0.1, 0.15) is 25.6 Å². The highest BCUT2D eigenvalue weighted by Gasteiger charge is 2.07. The number of aromatic amines is 1. The molecule has 68 valence electrons. The zero-order valence-electron chi connectivity index (χ0n) is 7.37. The number of H-pyrrole nitrogens is 1. The quantitative estimate of drug-likeness (QED) is 0.832. The van der Waals surface area contributed by atoms with Gasteiger partial charge in [-0.05, 0) is 15.9 Å². The maximum atomic E-state index is 4.31. The molecule has 0 saturated heterocycles. The minimum atomic E-state index is 0.333. The van der Waals surface area contributed by atoms with Gasteiger partial charge in [0, 0.05) is 12.1 Å². The van der Waals surface area contributed by atoms with Crippen molar-refractivity contribution in [3.63, 3.8) is 0 Å². The van der Waals surface area contributed by atoms with E-state index >= 15 is 0 Å². The molecule has 0 unspecified atom stereocenters. The Hall–Kier alpha value is -0.970. The first-order valence-corrected chi connectivity index (χ1v) is 4.84. The normalized spacial score (nSPS) is 11.4. The summed E-state index contributed by atoms with van der Waals surface area (Å²) in [5.74, 6) is 1.16. The van der Waals surface area contributed by atoms with Crippen LogP contribution in [0.15, 0.2) is 10.8 Å². The lowest BCUT2D eigenvalue weighted by atomic mass is 10.2. The molecule has 0 atom stereocenters. The van der Waals surface area contributed by atoms with Gasteiger partial charge in [0.2, 0.25) is 0 Å². The Labute approximate surface area is 83.9 Å². The molecule has 0 aromatic carbocycles. The first-order chi connectivity index (χ1) is 6.18. The smallest absolute Gasteiger partial charge is 0.185 e.